The molecule has 1 aromatic heterocycles. The highest BCUT2D eigenvalue weighted by atomic mass is 16.5. The van der Waals surface area contributed by atoms with Crippen LogP contribution in [-0.2, 0) is 11.3 Å². The molecule has 0 saturated heterocycles. The van der Waals surface area contributed by atoms with Crippen LogP contribution in [0, 0.1) is 0 Å². The largest absolute Gasteiger partial charge is 0.371 e. The third-order valence-corrected chi connectivity index (χ3v) is 4.10. The van der Waals surface area contributed by atoms with E-state index in [1.54, 1.807) is 5.57 Å². The Morgan fingerprint density at radius 3 is 2.96 bits per heavy atom. The molecule has 25 heavy (non-hydrogen) atoms. The fourth-order valence-corrected chi connectivity index (χ4v) is 2.78. The van der Waals surface area contributed by atoms with E-state index in [1.807, 2.05) is 13.8 Å². The molecule has 1 aliphatic rings. The summed E-state index contributed by atoms with van der Waals surface area (Å²) in [7, 11) is 0. The van der Waals surface area contributed by atoms with Crippen LogP contribution in [0.2, 0.25) is 0 Å². The summed E-state index contributed by atoms with van der Waals surface area (Å²) >= 11 is 0. The molecule has 2 N–H and O–H groups in total. The third kappa shape index (κ3) is 6.86. The number of hydrogen-bond donors (Lipinski definition) is 2. The van der Waals surface area contributed by atoms with Gasteiger partial charge in [0.05, 0.1) is 0 Å². The zero-order valence-electron chi connectivity index (χ0n) is 15.7. The molecule has 0 amide bonds. The summed E-state index contributed by atoms with van der Waals surface area (Å²) in [4.78, 5) is 8.86. The zero-order valence-corrected chi connectivity index (χ0v) is 15.7. The Hall–Kier alpha value is -1.89. The quantitative estimate of drug-likeness (QED) is 0.405. The molecular weight excluding hydrogens is 318 g/mol. The lowest BCUT2D eigenvalue weighted by atomic mass is 9.97. The van der Waals surface area contributed by atoms with Crippen LogP contribution in [-0.4, -0.2) is 35.8 Å². The monoisotopic (exact) mass is 349 g/mol. The number of ether oxygens (including phenoxy) is 1. The van der Waals surface area contributed by atoms with Crippen molar-refractivity contribution < 1.29 is 9.26 Å². The Morgan fingerprint density at radius 1 is 1.36 bits per heavy atom. The number of rotatable bonds is 9. The first-order valence-electron chi connectivity index (χ1n) is 9.37. The van der Waals surface area contributed by atoms with Crippen LogP contribution in [0.4, 0.5) is 0 Å². The molecule has 0 spiro atoms. The van der Waals surface area contributed by atoms with Crippen LogP contribution >= 0.6 is 0 Å². The first-order chi connectivity index (χ1) is 12.2. The van der Waals surface area contributed by atoms with Gasteiger partial charge in [-0.3, -0.25) is 0 Å². The minimum absolute atomic E-state index is 0.165. The van der Waals surface area contributed by atoms with Crippen LogP contribution in [0.5, 0.6) is 0 Å². The lowest BCUT2D eigenvalue weighted by Gasteiger charge is -2.14. The summed E-state index contributed by atoms with van der Waals surface area (Å²) in [6.07, 6.45) is 8.40. The standard InChI is InChI=1S/C18H31N5O2/c1-4-19-18(20-12-11-15-9-7-6-8-10-15)21-13-16-22-17(23-25-16)14(3)24-5-2/h9,14H,4-8,10-13H2,1-3H3,(H2,19,20,21). The van der Waals surface area contributed by atoms with Crippen LogP contribution in [0.3, 0.4) is 0 Å². The van der Waals surface area contributed by atoms with Crippen molar-refractivity contribution in [2.45, 2.75) is 65.5 Å². The van der Waals surface area contributed by atoms with Crippen molar-refractivity contribution in [3.8, 4) is 0 Å². The zero-order chi connectivity index (χ0) is 17.9. The minimum atomic E-state index is -0.165. The fourth-order valence-electron chi connectivity index (χ4n) is 2.78. The molecule has 0 aromatic carbocycles. The maximum absolute atomic E-state index is 5.47. The molecule has 1 heterocycles. The van der Waals surface area contributed by atoms with E-state index in [4.69, 9.17) is 9.26 Å². The van der Waals surface area contributed by atoms with Crippen LogP contribution in [0.1, 0.15) is 70.7 Å². The van der Waals surface area contributed by atoms with Gasteiger partial charge in [-0.2, -0.15) is 4.98 Å². The number of aliphatic imine (C=N–C) groups is 1. The van der Waals surface area contributed by atoms with Crippen molar-refractivity contribution in [2.75, 3.05) is 19.7 Å². The minimum Gasteiger partial charge on any atom is -0.371 e. The molecule has 0 aliphatic heterocycles. The highest BCUT2D eigenvalue weighted by Crippen LogP contribution is 2.19. The van der Waals surface area contributed by atoms with Gasteiger partial charge in [0.25, 0.3) is 0 Å². The summed E-state index contributed by atoms with van der Waals surface area (Å²) in [6.45, 7) is 8.57. The van der Waals surface area contributed by atoms with Gasteiger partial charge in [-0.1, -0.05) is 16.8 Å². The van der Waals surface area contributed by atoms with Crippen molar-refractivity contribution in [2.24, 2.45) is 4.99 Å². The first-order valence-corrected chi connectivity index (χ1v) is 9.37. The normalized spacial score (nSPS) is 16.4. The number of hydrogen-bond acceptors (Lipinski definition) is 5. The van der Waals surface area contributed by atoms with E-state index in [-0.39, 0.29) is 6.10 Å². The highest BCUT2D eigenvalue weighted by Gasteiger charge is 2.13. The summed E-state index contributed by atoms with van der Waals surface area (Å²) < 4.78 is 10.7. The van der Waals surface area contributed by atoms with Crippen molar-refractivity contribution in [1.82, 2.24) is 20.8 Å². The number of nitrogens with zero attached hydrogens (tertiary/aromatic N) is 3. The molecule has 2 rings (SSSR count). The molecular formula is C18H31N5O2. The van der Waals surface area contributed by atoms with Crippen molar-refractivity contribution >= 4 is 5.96 Å². The molecule has 0 radical (unpaired) electrons. The molecule has 1 unspecified atom stereocenters. The summed E-state index contributed by atoms with van der Waals surface area (Å²) in [6, 6.07) is 0. The smallest absolute Gasteiger partial charge is 0.248 e. The maximum atomic E-state index is 5.47. The van der Waals surface area contributed by atoms with Crippen LogP contribution in [0.25, 0.3) is 0 Å². The van der Waals surface area contributed by atoms with E-state index in [0.717, 1.165) is 25.5 Å². The topological polar surface area (TPSA) is 84.6 Å². The van der Waals surface area contributed by atoms with Crippen molar-refractivity contribution in [3.05, 3.63) is 23.4 Å². The molecule has 7 heteroatoms. The molecule has 1 aromatic rings. The summed E-state index contributed by atoms with van der Waals surface area (Å²) in [5.74, 6) is 1.83. The van der Waals surface area contributed by atoms with Gasteiger partial charge < -0.3 is 19.9 Å². The number of nitrogens with one attached hydrogen (secondary N) is 2. The lowest BCUT2D eigenvalue weighted by Crippen LogP contribution is -2.37. The average Bonchev–Trinajstić information content (AvgIpc) is 3.10. The maximum Gasteiger partial charge on any atom is 0.248 e. The second kappa shape index (κ2) is 10.9. The Bertz CT molecular complexity index is 568. The Kier molecular flexibility index (Phi) is 8.45. The molecule has 1 atom stereocenters. The number of aromatic nitrogens is 2. The van der Waals surface area contributed by atoms with Gasteiger partial charge in [-0.05, 0) is 52.9 Å². The van der Waals surface area contributed by atoms with Gasteiger partial charge in [0, 0.05) is 19.7 Å². The van der Waals surface area contributed by atoms with Crippen molar-refractivity contribution in [1.29, 1.82) is 0 Å². The Balaban J connectivity index is 1.83. The van der Waals surface area contributed by atoms with Gasteiger partial charge in [0.2, 0.25) is 5.89 Å². The third-order valence-electron chi connectivity index (χ3n) is 4.10. The van der Waals surface area contributed by atoms with Crippen LogP contribution in [0.15, 0.2) is 21.2 Å². The molecule has 0 bridgehead atoms. The average molecular weight is 349 g/mol. The SMILES string of the molecule is CCNC(=NCc1nc(C(C)OCC)no1)NCCC1=CCCCC1. The van der Waals surface area contributed by atoms with E-state index in [2.05, 4.69) is 38.8 Å². The van der Waals surface area contributed by atoms with Gasteiger partial charge in [0.1, 0.15) is 12.6 Å². The Labute approximate surface area is 150 Å². The van der Waals surface area contributed by atoms with E-state index in [1.165, 1.54) is 25.7 Å². The fraction of sp³-hybridized carbons (Fsp3) is 0.722. The number of allylic oxidation sites excluding steroid dienone is 1. The van der Waals surface area contributed by atoms with Gasteiger partial charge in [-0.15, -0.1) is 0 Å². The van der Waals surface area contributed by atoms with Gasteiger partial charge in [0.15, 0.2) is 11.8 Å². The second-order valence-electron chi connectivity index (χ2n) is 6.12. The second-order valence-corrected chi connectivity index (χ2v) is 6.12. The first kappa shape index (κ1) is 19.4. The van der Waals surface area contributed by atoms with Crippen molar-refractivity contribution in [3.63, 3.8) is 0 Å². The van der Waals surface area contributed by atoms with E-state index in [0.29, 0.717) is 24.9 Å². The Morgan fingerprint density at radius 2 is 2.24 bits per heavy atom. The summed E-state index contributed by atoms with van der Waals surface area (Å²) in [5, 5.41) is 10.6. The highest BCUT2D eigenvalue weighted by molar-refractivity contribution is 5.79. The van der Waals surface area contributed by atoms with E-state index in [9.17, 15) is 0 Å². The van der Waals surface area contributed by atoms with Crippen LogP contribution < -0.4 is 10.6 Å². The van der Waals surface area contributed by atoms with E-state index >= 15 is 0 Å². The van der Waals surface area contributed by atoms with Gasteiger partial charge >= 0.3 is 0 Å². The predicted octanol–water partition coefficient (Wildman–Crippen LogP) is 3.11. The molecule has 140 valence electrons. The van der Waals surface area contributed by atoms with E-state index < -0.39 is 0 Å². The lowest BCUT2D eigenvalue weighted by molar-refractivity contribution is 0.0683. The molecule has 1 aliphatic carbocycles. The number of guanidine groups is 1. The molecule has 0 fully saturated rings. The summed E-state index contributed by atoms with van der Waals surface area (Å²) in [5.41, 5.74) is 1.56. The molecule has 0 saturated carbocycles. The predicted molar refractivity (Wildman–Crippen MR) is 98.3 cm³/mol. The van der Waals surface area contributed by atoms with Gasteiger partial charge in [-0.25, -0.2) is 4.99 Å². The molecule has 7 nitrogen and oxygen atoms in total.